The Kier molecular flexibility index (Phi) is 3.92. The molecule has 2 aromatic rings. The van der Waals surface area contributed by atoms with Crippen molar-refractivity contribution in [3.63, 3.8) is 0 Å². The first-order valence-electron chi connectivity index (χ1n) is 6.65. The van der Waals surface area contributed by atoms with Crippen LogP contribution in [0.5, 0.6) is 0 Å². The third-order valence-corrected chi connectivity index (χ3v) is 6.18. The second kappa shape index (κ2) is 5.64. The standard InChI is InChI=1S/C15H19NS2/c1-16-14(13-7-2-3-9-17-13)12-6-4-5-11-8-10-18-15(11)12/h4-6,8,10,13-14,16H,2-3,7,9H2,1H3. The van der Waals surface area contributed by atoms with Gasteiger partial charge in [0.1, 0.15) is 0 Å². The van der Waals surface area contributed by atoms with Crippen molar-refractivity contribution in [1.82, 2.24) is 5.32 Å². The molecule has 1 fully saturated rings. The smallest absolute Gasteiger partial charge is 0.0452 e. The van der Waals surface area contributed by atoms with Crippen LogP contribution in [0, 0.1) is 0 Å². The number of nitrogens with one attached hydrogen (secondary N) is 1. The summed E-state index contributed by atoms with van der Waals surface area (Å²) in [6.45, 7) is 0. The molecule has 3 heteroatoms. The maximum Gasteiger partial charge on any atom is 0.0452 e. The van der Waals surface area contributed by atoms with Gasteiger partial charge < -0.3 is 5.32 Å². The topological polar surface area (TPSA) is 12.0 Å². The summed E-state index contributed by atoms with van der Waals surface area (Å²) in [6, 6.07) is 9.44. The molecule has 1 aromatic carbocycles. The minimum atomic E-state index is 0.498. The van der Waals surface area contributed by atoms with E-state index in [4.69, 9.17) is 0 Å². The van der Waals surface area contributed by atoms with Gasteiger partial charge in [-0.2, -0.15) is 11.8 Å². The zero-order chi connectivity index (χ0) is 12.4. The molecule has 1 saturated heterocycles. The van der Waals surface area contributed by atoms with Crippen molar-refractivity contribution < 1.29 is 0 Å². The van der Waals surface area contributed by atoms with Crippen molar-refractivity contribution in [2.45, 2.75) is 30.6 Å². The Hall–Kier alpha value is -0.510. The minimum absolute atomic E-state index is 0.498. The summed E-state index contributed by atoms with van der Waals surface area (Å²) < 4.78 is 1.46. The molecule has 0 radical (unpaired) electrons. The number of benzene rings is 1. The maximum atomic E-state index is 3.56. The quantitative estimate of drug-likeness (QED) is 0.889. The molecule has 1 aromatic heterocycles. The average molecular weight is 277 g/mol. The number of rotatable bonds is 3. The summed E-state index contributed by atoms with van der Waals surface area (Å²) in [5.74, 6) is 1.32. The highest BCUT2D eigenvalue weighted by atomic mass is 32.2. The first-order chi connectivity index (χ1) is 8.90. The van der Waals surface area contributed by atoms with Crippen molar-refractivity contribution in [2.75, 3.05) is 12.8 Å². The van der Waals surface area contributed by atoms with E-state index < -0.39 is 0 Å². The largest absolute Gasteiger partial charge is 0.312 e. The molecule has 1 N–H and O–H groups in total. The van der Waals surface area contributed by atoms with Gasteiger partial charge >= 0.3 is 0 Å². The molecule has 2 heterocycles. The van der Waals surface area contributed by atoms with Crippen LogP contribution in [0.15, 0.2) is 29.6 Å². The SMILES string of the molecule is CNC(c1cccc2ccsc12)C1CCCCS1. The summed E-state index contributed by atoms with van der Waals surface area (Å²) in [7, 11) is 2.10. The fourth-order valence-corrected chi connectivity index (χ4v) is 5.27. The first-order valence-corrected chi connectivity index (χ1v) is 8.58. The average Bonchev–Trinajstić information content (AvgIpc) is 2.90. The fourth-order valence-electron chi connectivity index (χ4n) is 2.83. The highest BCUT2D eigenvalue weighted by Gasteiger charge is 2.25. The van der Waals surface area contributed by atoms with Crippen LogP contribution in [0.2, 0.25) is 0 Å². The zero-order valence-corrected chi connectivity index (χ0v) is 12.3. The monoisotopic (exact) mass is 277 g/mol. The minimum Gasteiger partial charge on any atom is -0.312 e. The number of hydrogen-bond donors (Lipinski definition) is 1. The highest BCUT2D eigenvalue weighted by Crippen LogP contribution is 2.38. The van der Waals surface area contributed by atoms with Crippen molar-refractivity contribution in [3.8, 4) is 0 Å². The van der Waals surface area contributed by atoms with Gasteiger partial charge in [-0.3, -0.25) is 0 Å². The van der Waals surface area contributed by atoms with Crippen LogP contribution >= 0.6 is 23.1 Å². The van der Waals surface area contributed by atoms with E-state index in [1.54, 1.807) is 0 Å². The second-order valence-corrected chi connectivity index (χ2v) is 7.12. The van der Waals surface area contributed by atoms with Gasteiger partial charge in [-0.25, -0.2) is 0 Å². The van der Waals surface area contributed by atoms with Crippen LogP contribution in [-0.4, -0.2) is 18.1 Å². The highest BCUT2D eigenvalue weighted by molar-refractivity contribution is 8.00. The molecule has 0 spiro atoms. The van der Waals surface area contributed by atoms with Gasteiger partial charge in [0.2, 0.25) is 0 Å². The van der Waals surface area contributed by atoms with E-state index in [0.717, 1.165) is 5.25 Å². The van der Waals surface area contributed by atoms with Crippen LogP contribution in [0.3, 0.4) is 0 Å². The lowest BCUT2D eigenvalue weighted by atomic mass is 9.98. The summed E-state index contributed by atoms with van der Waals surface area (Å²) >= 11 is 4.02. The Balaban J connectivity index is 1.97. The van der Waals surface area contributed by atoms with E-state index in [1.165, 1.54) is 40.7 Å². The first kappa shape index (κ1) is 12.5. The summed E-state index contributed by atoms with van der Waals surface area (Å²) in [5, 5.41) is 7.88. The Morgan fingerprint density at radius 1 is 1.28 bits per heavy atom. The lowest BCUT2D eigenvalue weighted by molar-refractivity contribution is 0.519. The summed E-state index contributed by atoms with van der Waals surface area (Å²) in [4.78, 5) is 0. The van der Waals surface area contributed by atoms with Crippen LogP contribution < -0.4 is 5.32 Å². The van der Waals surface area contributed by atoms with Gasteiger partial charge in [0, 0.05) is 16.0 Å². The molecule has 96 valence electrons. The molecule has 0 saturated carbocycles. The van der Waals surface area contributed by atoms with Gasteiger partial charge in [0.15, 0.2) is 0 Å². The van der Waals surface area contributed by atoms with Gasteiger partial charge in [-0.15, -0.1) is 11.3 Å². The number of thioether (sulfide) groups is 1. The van der Waals surface area contributed by atoms with Crippen LogP contribution in [-0.2, 0) is 0 Å². The molecule has 1 aliphatic heterocycles. The second-order valence-electron chi connectivity index (χ2n) is 4.86. The summed E-state index contributed by atoms with van der Waals surface area (Å²) in [5.41, 5.74) is 1.49. The maximum absolute atomic E-state index is 3.56. The van der Waals surface area contributed by atoms with E-state index >= 15 is 0 Å². The van der Waals surface area contributed by atoms with Crippen molar-refractivity contribution in [3.05, 3.63) is 35.2 Å². The van der Waals surface area contributed by atoms with Crippen molar-refractivity contribution >= 4 is 33.2 Å². The molecule has 18 heavy (non-hydrogen) atoms. The molecule has 3 rings (SSSR count). The van der Waals surface area contributed by atoms with Crippen molar-refractivity contribution in [2.24, 2.45) is 0 Å². The lowest BCUT2D eigenvalue weighted by Crippen LogP contribution is -2.29. The zero-order valence-electron chi connectivity index (χ0n) is 10.7. The van der Waals surface area contributed by atoms with Gasteiger partial charge in [0.05, 0.1) is 0 Å². The molecular formula is C15H19NS2. The predicted octanol–water partition coefficient (Wildman–Crippen LogP) is 4.45. The molecular weight excluding hydrogens is 258 g/mol. The van der Waals surface area contributed by atoms with E-state index in [9.17, 15) is 0 Å². The number of thiophene rings is 1. The Labute approximate surface area is 117 Å². The van der Waals surface area contributed by atoms with E-state index in [1.807, 2.05) is 11.3 Å². The Morgan fingerprint density at radius 3 is 3.00 bits per heavy atom. The van der Waals surface area contributed by atoms with Gasteiger partial charge in [-0.05, 0) is 48.0 Å². The molecule has 0 bridgehead atoms. The number of hydrogen-bond acceptors (Lipinski definition) is 3. The lowest BCUT2D eigenvalue weighted by Gasteiger charge is -2.30. The molecule has 1 aliphatic rings. The molecule has 1 nitrogen and oxygen atoms in total. The van der Waals surface area contributed by atoms with E-state index in [2.05, 4.69) is 53.8 Å². The van der Waals surface area contributed by atoms with Gasteiger partial charge in [0.25, 0.3) is 0 Å². The van der Waals surface area contributed by atoms with E-state index in [-0.39, 0.29) is 0 Å². The fraction of sp³-hybridized carbons (Fsp3) is 0.467. The van der Waals surface area contributed by atoms with Crippen LogP contribution in [0.25, 0.3) is 10.1 Å². The third kappa shape index (κ3) is 2.31. The van der Waals surface area contributed by atoms with Crippen LogP contribution in [0.1, 0.15) is 30.9 Å². The molecule has 0 amide bonds. The Morgan fingerprint density at radius 2 is 2.22 bits per heavy atom. The van der Waals surface area contributed by atoms with Crippen LogP contribution in [0.4, 0.5) is 0 Å². The van der Waals surface area contributed by atoms with E-state index in [0.29, 0.717) is 6.04 Å². The van der Waals surface area contributed by atoms with Crippen molar-refractivity contribution in [1.29, 1.82) is 0 Å². The predicted molar refractivity (Wildman–Crippen MR) is 83.7 cm³/mol. The van der Waals surface area contributed by atoms with Gasteiger partial charge in [-0.1, -0.05) is 24.6 Å². The molecule has 2 unspecified atom stereocenters. The normalized spacial score (nSPS) is 22.2. The molecule has 2 atom stereocenters. The third-order valence-electron chi connectivity index (χ3n) is 3.74. The Bertz CT molecular complexity index is 514. The summed E-state index contributed by atoms with van der Waals surface area (Å²) in [6.07, 6.45) is 4.12. The molecule has 0 aliphatic carbocycles. The number of fused-ring (bicyclic) bond motifs is 1.